The van der Waals surface area contributed by atoms with Crippen molar-refractivity contribution in [3.63, 3.8) is 0 Å². The molecule has 1 unspecified atom stereocenters. The number of benzene rings is 1. The Bertz CT molecular complexity index is 615. The summed E-state index contributed by atoms with van der Waals surface area (Å²) in [6, 6.07) is 7.70. The molecular weight excluding hydrogens is 288 g/mol. The maximum absolute atomic E-state index is 10.8. The van der Waals surface area contributed by atoms with Crippen LogP contribution >= 0.6 is 0 Å². The molecule has 1 aromatic heterocycles. The van der Waals surface area contributed by atoms with Crippen molar-refractivity contribution in [1.29, 1.82) is 0 Å². The maximum atomic E-state index is 10.8. The van der Waals surface area contributed by atoms with Crippen LogP contribution in [0.3, 0.4) is 0 Å². The van der Waals surface area contributed by atoms with Crippen LogP contribution in [0.2, 0.25) is 0 Å². The van der Waals surface area contributed by atoms with Crippen LogP contribution < -0.4 is 4.74 Å². The van der Waals surface area contributed by atoms with Gasteiger partial charge in [-0.2, -0.15) is 0 Å². The number of unbranched alkanes of at least 4 members (excludes halogenated alkanes) is 1. The standard InChI is InChI=1S/C19H28N2O2/c1-4-6-12-21(11-5-2)14-19(22)16-9-10-20-18-8-7-15(23-3)13-17(16)18/h7-10,13,19,22H,4-6,11-12,14H2,1-3H3. The predicted octanol–water partition coefficient (Wildman–Crippen LogP) is 3.79. The molecule has 126 valence electrons. The van der Waals surface area contributed by atoms with Crippen molar-refractivity contribution in [2.24, 2.45) is 0 Å². The first-order valence-corrected chi connectivity index (χ1v) is 8.52. The van der Waals surface area contributed by atoms with Gasteiger partial charge in [0.15, 0.2) is 0 Å². The van der Waals surface area contributed by atoms with Gasteiger partial charge < -0.3 is 14.7 Å². The van der Waals surface area contributed by atoms with Gasteiger partial charge in [0.1, 0.15) is 5.75 Å². The summed E-state index contributed by atoms with van der Waals surface area (Å²) in [7, 11) is 1.65. The van der Waals surface area contributed by atoms with Crippen molar-refractivity contribution in [3.8, 4) is 5.75 Å². The number of hydrogen-bond acceptors (Lipinski definition) is 4. The molecule has 2 aromatic rings. The van der Waals surface area contributed by atoms with Crippen LogP contribution in [0.1, 0.15) is 44.8 Å². The Morgan fingerprint density at radius 1 is 1.17 bits per heavy atom. The van der Waals surface area contributed by atoms with Crippen LogP contribution in [-0.2, 0) is 0 Å². The Morgan fingerprint density at radius 3 is 2.70 bits per heavy atom. The van der Waals surface area contributed by atoms with E-state index < -0.39 is 6.10 Å². The Labute approximate surface area is 139 Å². The van der Waals surface area contributed by atoms with Crippen LogP contribution in [0.25, 0.3) is 10.9 Å². The normalized spacial score (nSPS) is 12.7. The average Bonchev–Trinajstić information content (AvgIpc) is 2.58. The molecule has 0 aliphatic heterocycles. The van der Waals surface area contributed by atoms with Crippen molar-refractivity contribution in [2.75, 3.05) is 26.7 Å². The van der Waals surface area contributed by atoms with Crippen molar-refractivity contribution >= 4 is 10.9 Å². The molecule has 0 saturated heterocycles. The minimum atomic E-state index is -0.518. The van der Waals surface area contributed by atoms with E-state index in [4.69, 9.17) is 4.74 Å². The van der Waals surface area contributed by atoms with E-state index in [9.17, 15) is 5.11 Å². The van der Waals surface area contributed by atoms with Crippen molar-refractivity contribution in [2.45, 2.75) is 39.2 Å². The number of ether oxygens (including phenoxy) is 1. The molecule has 2 rings (SSSR count). The fourth-order valence-corrected chi connectivity index (χ4v) is 2.90. The number of aliphatic hydroxyl groups is 1. The van der Waals surface area contributed by atoms with Crippen LogP contribution in [0.5, 0.6) is 5.75 Å². The Kier molecular flexibility index (Phi) is 6.81. The number of pyridine rings is 1. The zero-order valence-corrected chi connectivity index (χ0v) is 14.5. The number of nitrogens with zero attached hydrogens (tertiary/aromatic N) is 2. The van der Waals surface area contributed by atoms with E-state index in [-0.39, 0.29) is 0 Å². The van der Waals surface area contributed by atoms with Gasteiger partial charge >= 0.3 is 0 Å². The molecule has 4 nitrogen and oxygen atoms in total. The highest BCUT2D eigenvalue weighted by molar-refractivity contribution is 5.83. The molecular formula is C19H28N2O2. The van der Waals surface area contributed by atoms with Crippen LogP contribution in [0.15, 0.2) is 30.5 Å². The molecule has 0 radical (unpaired) electrons. The lowest BCUT2D eigenvalue weighted by Gasteiger charge is -2.25. The predicted molar refractivity (Wildman–Crippen MR) is 94.9 cm³/mol. The van der Waals surface area contributed by atoms with Crippen LogP contribution in [0.4, 0.5) is 0 Å². The Balaban J connectivity index is 2.23. The molecule has 0 bridgehead atoms. The monoisotopic (exact) mass is 316 g/mol. The van der Waals surface area contributed by atoms with E-state index in [1.54, 1.807) is 13.3 Å². The molecule has 1 atom stereocenters. The molecule has 1 heterocycles. The van der Waals surface area contributed by atoms with Gasteiger partial charge in [0, 0.05) is 18.1 Å². The van der Waals surface area contributed by atoms with Gasteiger partial charge in [0.05, 0.1) is 18.7 Å². The van der Waals surface area contributed by atoms with Gasteiger partial charge in [-0.1, -0.05) is 20.3 Å². The fourth-order valence-electron chi connectivity index (χ4n) is 2.90. The summed E-state index contributed by atoms with van der Waals surface area (Å²) in [5.74, 6) is 0.787. The van der Waals surface area contributed by atoms with E-state index in [2.05, 4.69) is 23.7 Å². The first-order valence-electron chi connectivity index (χ1n) is 8.52. The lowest BCUT2D eigenvalue weighted by atomic mass is 10.0. The summed E-state index contributed by atoms with van der Waals surface area (Å²) in [6.45, 7) is 7.09. The highest BCUT2D eigenvalue weighted by Crippen LogP contribution is 2.27. The largest absolute Gasteiger partial charge is 0.497 e. The van der Waals surface area contributed by atoms with E-state index >= 15 is 0 Å². The summed E-state index contributed by atoms with van der Waals surface area (Å²) < 4.78 is 5.31. The average molecular weight is 316 g/mol. The summed E-state index contributed by atoms with van der Waals surface area (Å²) >= 11 is 0. The summed E-state index contributed by atoms with van der Waals surface area (Å²) in [5.41, 5.74) is 1.81. The molecule has 23 heavy (non-hydrogen) atoms. The number of fused-ring (bicyclic) bond motifs is 1. The smallest absolute Gasteiger partial charge is 0.119 e. The number of hydrogen-bond donors (Lipinski definition) is 1. The molecule has 0 saturated carbocycles. The molecule has 0 aliphatic carbocycles. The lowest BCUT2D eigenvalue weighted by Crippen LogP contribution is -2.30. The third-order valence-electron chi connectivity index (χ3n) is 4.14. The van der Waals surface area contributed by atoms with Gasteiger partial charge in [0.25, 0.3) is 0 Å². The second-order valence-electron chi connectivity index (χ2n) is 5.95. The highest BCUT2D eigenvalue weighted by atomic mass is 16.5. The molecule has 0 fully saturated rings. The van der Waals surface area contributed by atoms with E-state index in [1.807, 2.05) is 24.3 Å². The van der Waals surface area contributed by atoms with Gasteiger partial charge in [-0.25, -0.2) is 0 Å². The van der Waals surface area contributed by atoms with E-state index in [0.717, 1.165) is 48.1 Å². The number of aliphatic hydroxyl groups excluding tert-OH is 1. The number of aromatic nitrogens is 1. The molecule has 0 aliphatic rings. The van der Waals surface area contributed by atoms with E-state index in [0.29, 0.717) is 6.54 Å². The fraction of sp³-hybridized carbons (Fsp3) is 0.526. The second kappa shape index (κ2) is 8.85. The summed E-state index contributed by atoms with van der Waals surface area (Å²) in [5, 5.41) is 11.7. The quantitative estimate of drug-likeness (QED) is 0.764. The molecule has 1 N–H and O–H groups in total. The second-order valence-corrected chi connectivity index (χ2v) is 5.95. The Hall–Kier alpha value is -1.65. The molecule has 1 aromatic carbocycles. The number of methoxy groups -OCH3 is 1. The van der Waals surface area contributed by atoms with Gasteiger partial charge in [-0.3, -0.25) is 4.98 Å². The van der Waals surface area contributed by atoms with Crippen molar-refractivity contribution < 1.29 is 9.84 Å². The Morgan fingerprint density at radius 2 is 2.00 bits per heavy atom. The van der Waals surface area contributed by atoms with E-state index in [1.165, 1.54) is 6.42 Å². The van der Waals surface area contributed by atoms with Gasteiger partial charge in [-0.05, 0) is 55.8 Å². The third-order valence-corrected chi connectivity index (χ3v) is 4.14. The topological polar surface area (TPSA) is 45.6 Å². The maximum Gasteiger partial charge on any atom is 0.119 e. The first kappa shape index (κ1) is 17.7. The minimum absolute atomic E-state index is 0.518. The molecule has 0 spiro atoms. The van der Waals surface area contributed by atoms with Crippen LogP contribution in [0, 0.1) is 0 Å². The first-order chi connectivity index (χ1) is 11.2. The molecule has 4 heteroatoms. The van der Waals surface area contributed by atoms with Gasteiger partial charge in [0.2, 0.25) is 0 Å². The summed E-state index contributed by atoms with van der Waals surface area (Å²) in [4.78, 5) is 6.73. The lowest BCUT2D eigenvalue weighted by molar-refractivity contribution is 0.113. The highest BCUT2D eigenvalue weighted by Gasteiger charge is 2.16. The SMILES string of the molecule is CCCCN(CCC)CC(O)c1ccnc2ccc(OC)cc12. The molecule has 0 amide bonds. The minimum Gasteiger partial charge on any atom is -0.497 e. The van der Waals surface area contributed by atoms with Crippen LogP contribution in [-0.4, -0.2) is 41.7 Å². The number of rotatable bonds is 9. The van der Waals surface area contributed by atoms with Gasteiger partial charge in [-0.15, -0.1) is 0 Å². The zero-order chi connectivity index (χ0) is 16.7. The zero-order valence-electron chi connectivity index (χ0n) is 14.5. The third kappa shape index (κ3) is 4.66. The summed E-state index contributed by atoms with van der Waals surface area (Å²) in [6.07, 6.45) is 4.69. The van der Waals surface area contributed by atoms with Crippen molar-refractivity contribution in [3.05, 3.63) is 36.0 Å². The van der Waals surface area contributed by atoms with Crippen molar-refractivity contribution in [1.82, 2.24) is 9.88 Å².